The van der Waals surface area contributed by atoms with Crippen LogP contribution in [0.4, 0.5) is 0 Å². The molecule has 0 saturated carbocycles. The highest BCUT2D eigenvalue weighted by molar-refractivity contribution is 6.02. The minimum Gasteiger partial charge on any atom is -0.454 e. The van der Waals surface area contributed by atoms with Crippen molar-refractivity contribution in [3.8, 4) is 11.5 Å². The molecule has 6 rings (SSSR count). The second-order valence-electron chi connectivity index (χ2n) is 9.29. The number of nitrogens with zero attached hydrogens (tertiary/aromatic N) is 2. The molecule has 0 unspecified atom stereocenters. The molecule has 15 nitrogen and oxygen atoms in total. The third kappa shape index (κ3) is 2.89. The molecule has 4 saturated heterocycles. The van der Waals surface area contributed by atoms with Gasteiger partial charge in [0.15, 0.2) is 29.1 Å². The summed E-state index contributed by atoms with van der Waals surface area (Å²) in [5, 5.41) is 50.8. The lowest BCUT2D eigenvalue weighted by atomic mass is 9.84. The summed E-state index contributed by atoms with van der Waals surface area (Å²) < 4.78 is 10.7. The highest BCUT2D eigenvalue weighted by Gasteiger charge is 2.74. The maximum Gasteiger partial charge on any atom is 0.255 e. The average Bonchev–Trinajstić information content (AvgIpc) is 3.57. The number of aliphatic hydroxyl groups is 2. The zero-order valence-corrected chi connectivity index (χ0v) is 18.8. The normalized spacial score (nSPS) is 31.6. The van der Waals surface area contributed by atoms with E-state index in [0.717, 1.165) is 4.90 Å². The summed E-state index contributed by atoms with van der Waals surface area (Å²) in [6.07, 6.45) is 0.171. The number of hydrogen-bond acceptors (Lipinski definition) is 9. The van der Waals surface area contributed by atoms with Crippen LogP contribution in [0.2, 0.25) is 0 Å². The second-order valence-corrected chi connectivity index (χ2v) is 9.29. The summed E-state index contributed by atoms with van der Waals surface area (Å²) in [7, 11) is 0. The number of ether oxygens (including phenoxy) is 2. The standard InChI is InChI=1S/C21H24N8O7/c22-18-26-16-10(6-28-13(30)4-5-14(28)31)24-19(23)29-7-12(21(33,34)20(16,29)27-18)25-17(32)9-2-1-3-11-15(9)36-8-35-11/h1-3,10,12,16,33-34H,4-8H2,(H2,23,24)(H,25,32)(H3,22,26,27)/t10-,12-,16-,20-/m0/s1. The Kier molecular flexibility index (Phi) is 4.62. The van der Waals surface area contributed by atoms with E-state index in [-0.39, 0.29) is 67.8 Å². The van der Waals surface area contributed by atoms with Crippen LogP contribution in [0, 0.1) is 10.8 Å². The van der Waals surface area contributed by atoms with Crippen LogP contribution >= 0.6 is 0 Å². The fraction of sp³-hybridized carbons (Fsp3) is 0.476. The smallest absolute Gasteiger partial charge is 0.255 e. The van der Waals surface area contributed by atoms with Crippen LogP contribution in [0.25, 0.3) is 0 Å². The number of rotatable bonds is 4. The number of imide groups is 1. The predicted molar refractivity (Wildman–Crippen MR) is 119 cm³/mol. The Balaban J connectivity index is 1.31. The number of amides is 3. The lowest BCUT2D eigenvalue weighted by Gasteiger charge is -2.51. The number of para-hydroxylation sites is 1. The fourth-order valence-electron chi connectivity index (χ4n) is 5.70. The summed E-state index contributed by atoms with van der Waals surface area (Å²) in [5.74, 6) is -3.89. The van der Waals surface area contributed by atoms with Crippen molar-refractivity contribution in [1.82, 2.24) is 31.1 Å². The van der Waals surface area contributed by atoms with Crippen molar-refractivity contribution >= 4 is 29.6 Å². The van der Waals surface area contributed by atoms with Gasteiger partial charge in [0.05, 0.1) is 24.2 Å². The molecule has 4 atom stereocenters. The first kappa shape index (κ1) is 22.4. The molecule has 5 aliphatic heterocycles. The quantitative estimate of drug-likeness (QED) is 0.152. The first-order valence-corrected chi connectivity index (χ1v) is 11.4. The van der Waals surface area contributed by atoms with Gasteiger partial charge in [0.2, 0.25) is 24.4 Å². The van der Waals surface area contributed by atoms with E-state index < -0.39 is 35.5 Å². The number of likely N-dealkylation sites (tertiary alicyclic amines) is 1. The van der Waals surface area contributed by atoms with E-state index in [9.17, 15) is 24.6 Å². The van der Waals surface area contributed by atoms with Gasteiger partial charge in [-0.2, -0.15) is 0 Å². The molecule has 0 radical (unpaired) electrons. The van der Waals surface area contributed by atoms with Crippen LogP contribution in [-0.2, 0) is 9.59 Å². The first-order chi connectivity index (χ1) is 17.1. The number of benzene rings is 1. The van der Waals surface area contributed by atoms with Crippen LogP contribution in [0.1, 0.15) is 23.2 Å². The van der Waals surface area contributed by atoms with Crippen LogP contribution in [0.3, 0.4) is 0 Å². The zero-order valence-electron chi connectivity index (χ0n) is 18.8. The number of hydrogen-bond donors (Lipinski definition) is 8. The Morgan fingerprint density at radius 2 is 1.92 bits per heavy atom. The molecule has 5 aliphatic rings. The van der Waals surface area contributed by atoms with E-state index in [1.165, 1.54) is 11.0 Å². The van der Waals surface area contributed by atoms with Gasteiger partial charge in [-0.15, -0.1) is 0 Å². The molecule has 8 N–H and O–H groups in total. The lowest BCUT2D eigenvalue weighted by Crippen LogP contribution is -2.81. The van der Waals surface area contributed by atoms with Crippen molar-refractivity contribution in [2.75, 3.05) is 19.9 Å². The number of nitrogens with one attached hydrogen (secondary N) is 6. The van der Waals surface area contributed by atoms with E-state index in [2.05, 4.69) is 21.3 Å². The first-order valence-electron chi connectivity index (χ1n) is 11.4. The highest BCUT2D eigenvalue weighted by atomic mass is 16.7. The van der Waals surface area contributed by atoms with Crippen molar-refractivity contribution in [2.24, 2.45) is 0 Å². The maximum absolute atomic E-state index is 13.1. The van der Waals surface area contributed by atoms with Gasteiger partial charge in [0.1, 0.15) is 6.04 Å². The van der Waals surface area contributed by atoms with Gasteiger partial charge >= 0.3 is 0 Å². The van der Waals surface area contributed by atoms with Crippen LogP contribution in [-0.4, -0.2) is 99.1 Å². The summed E-state index contributed by atoms with van der Waals surface area (Å²) in [4.78, 5) is 39.9. The lowest BCUT2D eigenvalue weighted by molar-refractivity contribution is -0.232. The van der Waals surface area contributed by atoms with Crippen LogP contribution < -0.4 is 30.7 Å². The minimum absolute atomic E-state index is 0.0461. The van der Waals surface area contributed by atoms with Gasteiger partial charge in [-0.05, 0) is 12.1 Å². The number of guanidine groups is 2. The third-order valence-electron chi connectivity index (χ3n) is 7.38. The molecule has 36 heavy (non-hydrogen) atoms. The Bertz CT molecular complexity index is 1200. The van der Waals surface area contributed by atoms with Crippen LogP contribution in [0.5, 0.6) is 11.5 Å². The number of fused-ring (bicyclic) bond motifs is 1. The summed E-state index contributed by atoms with van der Waals surface area (Å²) in [6, 6.07) is 1.67. The van der Waals surface area contributed by atoms with E-state index in [0.29, 0.717) is 5.75 Å². The monoisotopic (exact) mass is 500 g/mol. The Morgan fingerprint density at radius 3 is 2.67 bits per heavy atom. The Morgan fingerprint density at radius 1 is 1.17 bits per heavy atom. The molecule has 1 aromatic carbocycles. The molecule has 1 spiro atoms. The minimum atomic E-state index is -2.69. The van der Waals surface area contributed by atoms with Crippen molar-refractivity contribution in [3.63, 3.8) is 0 Å². The van der Waals surface area contributed by atoms with E-state index >= 15 is 0 Å². The molecule has 0 aromatic heterocycles. The summed E-state index contributed by atoms with van der Waals surface area (Å²) in [5.41, 5.74) is -1.71. The molecular formula is C21H24N8O7. The van der Waals surface area contributed by atoms with Crippen molar-refractivity contribution in [2.45, 2.75) is 42.4 Å². The summed E-state index contributed by atoms with van der Waals surface area (Å²) >= 11 is 0. The highest BCUT2D eigenvalue weighted by Crippen LogP contribution is 2.43. The molecule has 15 heteroatoms. The van der Waals surface area contributed by atoms with Gasteiger partial charge in [-0.1, -0.05) is 6.07 Å². The average molecular weight is 500 g/mol. The van der Waals surface area contributed by atoms with Gasteiger partial charge < -0.3 is 45.9 Å². The third-order valence-corrected chi connectivity index (χ3v) is 7.38. The van der Waals surface area contributed by atoms with Gasteiger partial charge in [0.25, 0.3) is 5.91 Å². The van der Waals surface area contributed by atoms with Crippen molar-refractivity contribution in [3.05, 3.63) is 23.8 Å². The molecule has 4 fully saturated rings. The molecular weight excluding hydrogens is 476 g/mol. The number of carbonyl (C=O) groups excluding carboxylic acids is 3. The molecule has 0 bridgehead atoms. The largest absolute Gasteiger partial charge is 0.454 e. The topological polar surface area (TPSA) is 212 Å². The van der Waals surface area contributed by atoms with E-state index in [1.54, 1.807) is 12.1 Å². The second kappa shape index (κ2) is 7.44. The van der Waals surface area contributed by atoms with E-state index in [4.69, 9.17) is 20.3 Å². The maximum atomic E-state index is 13.1. The van der Waals surface area contributed by atoms with Crippen molar-refractivity contribution < 1.29 is 34.1 Å². The van der Waals surface area contributed by atoms with E-state index in [1.807, 2.05) is 0 Å². The Hall–Kier alpha value is -4.11. The Labute approximate surface area is 203 Å². The summed E-state index contributed by atoms with van der Waals surface area (Å²) in [6.45, 7) is -0.373. The fourth-order valence-corrected chi connectivity index (χ4v) is 5.70. The molecule has 1 aromatic rings. The van der Waals surface area contributed by atoms with Crippen molar-refractivity contribution in [1.29, 1.82) is 10.8 Å². The molecule has 0 aliphatic carbocycles. The molecule has 3 amide bonds. The SMILES string of the molecule is N=C1N[C@H]2[C@H](CN3C(=O)CCC3=O)NC(=N)N3C[C@H](NC(=O)c4cccc5c4OCO5)C(O)(O)[C@]23N1. The predicted octanol–water partition coefficient (Wildman–Crippen LogP) is -3.24. The molecule has 5 heterocycles. The van der Waals surface area contributed by atoms with Gasteiger partial charge in [-0.25, -0.2) is 0 Å². The van der Waals surface area contributed by atoms with Gasteiger partial charge in [0, 0.05) is 19.4 Å². The zero-order chi connectivity index (χ0) is 25.4. The van der Waals surface area contributed by atoms with Gasteiger partial charge in [-0.3, -0.25) is 30.1 Å². The molecule has 190 valence electrons. The number of carbonyl (C=O) groups is 3. The van der Waals surface area contributed by atoms with Crippen LogP contribution in [0.15, 0.2) is 18.2 Å².